The van der Waals surface area contributed by atoms with Gasteiger partial charge in [-0.1, -0.05) is 35.9 Å². The number of aryl methyl sites for hydroxylation is 2. The molecule has 4 heterocycles. The average molecular weight is 441 g/mol. The Labute approximate surface area is 188 Å². The van der Waals surface area contributed by atoms with Crippen LogP contribution in [-0.4, -0.2) is 30.6 Å². The Hall–Kier alpha value is -3.91. The summed E-state index contributed by atoms with van der Waals surface area (Å²) in [5, 5.41) is 10.5. The second-order valence-corrected chi connectivity index (χ2v) is 8.40. The molecule has 0 spiro atoms. The fourth-order valence-electron chi connectivity index (χ4n) is 3.47. The maximum atomic E-state index is 13.1. The first-order valence-corrected chi connectivity index (χ1v) is 11.0. The van der Waals surface area contributed by atoms with Crippen molar-refractivity contribution < 1.29 is 4.79 Å². The third-order valence-electron chi connectivity index (χ3n) is 5.09. The van der Waals surface area contributed by atoms with Crippen molar-refractivity contribution >= 4 is 33.4 Å². The van der Waals surface area contributed by atoms with Crippen LogP contribution in [0.5, 0.6) is 0 Å². The minimum Gasteiger partial charge on any atom is -0.298 e. The quantitative estimate of drug-likeness (QED) is 0.421. The van der Waals surface area contributed by atoms with Crippen LogP contribution in [0.4, 0.5) is 5.13 Å². The highest BCUT2D eigenvalue weighted by molar-refractivity contribution is 7.14. The van der Waals surface area contributed by atoms with Crippen LogP contribution in [0, 0.1) is 13.8 Å². The second kappa shape index (κ2) is 8.32. The second-order valence-electron chi connectivity index (χ2n) is 7.54. The number of rotatable bonds is 5. The van der Waals surface area contributed by atoms with Gasteiger partial charge in [-0.3, -0.25) is 15.1 Å². The predicted molar refractivity (Wildman–Crippen MR) is 126 cm³/mol. The predicted octanol–water partition coefficient (Wildman–Crippen LogP) is 4.87. The Morgan fingerprint density at radius 3 is 2.69 bits per heavy atom. The molecule has 0 fully saturated rings. The summed E-state index contributed by atoms with van der Waals surface area (Å²) < 4.78 is 1.83. The van der Waals surface area contributed by atoms with Gasteiger partial charge < -0.3 is 0 Å². The molecule has 1 N–H and O–H groups in total. The van der Waals surface area contributed by atoms with Crippen molar-refractivity contribution in [3.05, 3.63) is 88.7 Å². The molecule has 0 aliphatic carbocycles. The van der Waals surface area contributed by atoms with E-state index in [-0.39, 0.29) is 5.91 Å². The summed E-state index contributed by atoms with van der Waals surface area (Å²) in [7, 11) is 0. The Balaban J connectivity index is 1.42. The van der Waals surface area contributed by atoms with Crippen LogP contribution in [0.15, 0.2) is 66.3 Å². The number of hydrogen-bond acceptors (Lipinski definition) is 6. The molecule has 0 aliphatic rings. The molecule has 4 aromatic heterocycles. The number of benzene rings is 1. The van der Waals surface area contributed by atoms with Crippen molar-refractivity contribution in [2.75, 3.05) is 5.32 Å². The molecule has 7 nitrogen and oxygen atoms in total. The van der Waals surface area contributed by atoms with Crippen LogP contribution >= 0.6 is 11.3 Å². The van der Waals surface area contributed by atoms with Gasteiger partial charge in [0.25, 0.3) is 5.91 Å². The zero-order valence-electron chi connectivity index (χ0n) is 17.6. The lowest BCUT2D eigenvalue weighted by atomic mass is 10.1. The van der Waals surface area contributed by atoms with Gasteiger partial charge in [0.15, 0.2) is 10.8 Å². The van der Waals surface area contributed by atoms with E-state index in [9.17, 15) is 4.79 Å². The number of aromatic nitrogens is 5. The van der Waals surface area contributed by atoms with Gasteiger partial charge in [-0.05, 0) is 37.6 Å². The van der Waals surface area contributed by atoms with E-state index in [1.165, 1.54) is 16.9 Å². The lowest BCUT2D eigenvalue weighted by Crippen LogP contribution is -2.13. The Kier molecular flexibility index (Phi) is 5.20. The summed E-state index contributed by atoms with van der Waals surface area (Å²) in [6.45, 7) is 4.52. The molecule has 5 rings (SSSR count). The molecule has 0 unspecified atom stereocenters. The lowest BCUT2D eigenvalue weighted by Gasteiger charge is -2.07. The molecular weight excluding hydrogens is 420 g/mol. The molecular formula is C24H20N6OS. The fraction of sp³-hybridized carbons (Fsp3) is 0.125. The summed E-state index contributed by atoms with van der Waals surface area (Å²) >= 11 is 1.37. The van der Waals surface area contributed by atoms with E-state index in [4.69, 9.17) is 0 Å². The van der Waals surface area contributed by atoms with Gasteiger partial charge in [-0.2, -0.15) is 5.10 Å². The highest BCUT2D eigenvalue weighted by Crippen LogP contribution is 2.25. The normalized spacial score (nSPS) is 11.1. The Morgan fingerprint density at radius 1 is 1.06 bits per heavy atom. The molecule has 32 heavy (non-hydrogen) atoms. The molecule has 158 valence electrons. The average Bonchev–Trinajstić information content (AvgIpc) is 3.43. The molecule has 8 heteroatoms. The van der Waals surface area contributed by atoms with Crippen LogP contribution < -0.4 is 5.32 Å². The highest BCUT2D eigenvalue weighted by Gasteiger charge is 2.17. The summed E-state index contributed by atoms with van der Waals surface area (Å²) in [5.74, 6) is -0.239. The number of amides is 1. The first-order valence-electron chi connectivity index (χ1n) is 10.1. The minimum absolute atomic E-state index is 0.239. The third-order valence-corrected chi connectivity index (χ3v) is 5.84. The molecule has 0 aliphatic heterocycles. The van der Waals surface area contributed by atoms with Gasteiger partial charge in [0.1, 0.15) is 5.69 Å². The van der Waals surface area contributed by atoms with Crippen LogP contribution in [0.3, 0.4) is 0 Å². The van der Waals surface area contributed by atoms with E-state index >= 15 is 0 Å². The molecule has 1 amide bonds. The number of hydrogen-bond donors (Lipinski definition) is 1. The van der Waals surface area contributed by atoms with E-state index in [1.807, 2.05) is 35.2 Å². The topological polar surface area (TPSA) is 85.6 Å². The van der Waals surface area contributed by atoms with Gasteiger partial charge in [0, 0.05) is 17.3 Å². The molecule has 0 saturated heterocycles. The van der Waals surface area contributed by atoms with Crippen LogP contribution in [0.25, 0.3) is 22.4 Å². The van der Waals surface area contributed by atoms with Gasteiger partial charge >= 0.3 is 0 Å². The van der Waals surface area contributed by atoms with Crippen LogP contribution in [0.2, 0.25) is 0 Å². The number of anilines is 1. The van der Waals surface area contributed by atoms with E-state index in [1.54, 1.807) is 18.5 Å². The first-order chi connectivity index (χ1) is 15.6. The Morgan fingerprint density at radius 2 is 1.91 bits per heavy atom. The number of pyridine rings is 2. The summed E-state index contributed by atoms with van der Waals surface area (Å²) in [6, 6.07) is 15.7. The smallest absolute Gasteiger partial charge is 0.258 e. The number of thiazole rings is 1. The Bertz CT molecular complexity index is 1410. The van der Waals surface area contributed by atoms with E-state index in [0.717, 1.165) is 22.6 Å². The largest absolute Gasteiger partial charge is 0.298 e. The standard InChI is InChI=1S/C24H20N6OS/c1-15-6-8-17(9-7-15)13-30-22-19(12-26-30)18(11-16(2)27-22)23(31)29-24-28-21(14-32-24)20-5-3-4-10-25-20/h3-12,14H,13H2,1-2H3,(H,28,29,31). The number of nitrogens with zero attached hydrogens (tertiary/aromatic N) is 5. The monoisotopic (exact) mass is 440 g/mol. The number of nitrogens with one attached hydrogen (secondary N) is 1. The maximum Gasteiger partial charge on any atom is 0.258 e. The minimum atomic E-state index is -0.239. The van der Waals surface area contributed by atoms with Crippen molar-refractivity contribution in [3.8, 4) is 11.4 Å². The van der Waals surface area contributed by atoms with Gasteiger partial charge in [-0.15, -0.1) is 11.3 Å². The van der Waals surface area contributed by atoms with E-state index in [0.29, 0.717) is 28.3 Å². The van der Waals surface area contributed by atoms with Gasteiger partial charge in [-0.25, -0.2) is 14.6 Å². The van der Waals surface area contributed by atoms with Crippen molar-refractivity contribution in [1.82, 2.24) is 24.7 Å². The zero-order valence-corrected chi connectivity index (χ0v) is 18.4. The van der Waals surface area contributed by atoms with Crippen molar-refractivity contribution in [3.63, 3.8) is 0 Å². The SMILES string of the molecule is Cc1ccc(Cn2ncc3c(C(=O)Nc4nc(-c5ccccn5)cs4)cc(C)nc32)cc1. The molecule has 1 aromatic carbocycles. The van der Waals surface area contributed by atoms with Gasteiger partial charge in [0.05, 0.1) is 29.4 Å². The van der Waals surface area contributed by atoms with Crippen molar-refractivity contribution in [2.24, 2.45) is 0 Å². The van der Waals surface area contributed by atoms with Crippen LogP contribution in [-0.2, 0) is 6.54 Å². The summed E-state index contributed by atoms with van der Waals surface area (Å²) in [6.07, 6.45) is 3.42. The number of carbonyl (C=O) groups is 1. The first kappa shape index (κ1) is 20.0. The highest BCUT2D eigenvalue weighted by atomic mass is 32.1. The molecule has 5 aromatic rings. The van der Waals surface area contributed by atoms with E-state index < -0.39 is 0 Å². The van der Waals surface area contributed by atoms with Crippen molar-refractivity contribution in [2.45, 2.75) is 20.4 Å². The summed E-state index contributed by atoms with van der Waals surface area (Å²) in [4.78, 5) is 26.6. The molecule has 0 saturated carbocycles. The summed E-state index contributed by atoms with van der Waals surface area (Å²) in [5.41, 5.74) is 5.79. The number of carbonyl (C=O) groups excluding carboxylic acids is 1. The fourth-order valence-corrected chi connectivity index (χ4v) is 4.17. The third kappa shape index (κ3) is 4.00. The van der Waals surface area contributed by atoms with Gasteiger partial charge in [0.2, 0.25) is 0 Å². The van der Waals surface area contributed by atoms with Crippen LogP contribution in [0.1, 0.15) is 27.2 Å². The molecule has 0 bridgehead atoms. The number of fused-ring (bicyclic) bond motifs is 1. The van der Waals surface area contributed by atoms with Crippen molar-refractivity contribution in [1.29, 1.82) is 0 Å². The maximum absolute atomic E-state index is 13.1. The molecule has 0 radical (unpaired) electrons. The van der Waals surface area contributed by atoms with E-state index in [2.05, 4.69) is 56.6 Å². The molecule has 0 atom stereocenters. The lowest BCUT2D eigenvalue weighted by molar-refractivity contribution is 0.102. The zero-order chi connectivity index (χ0) is 22.1.